The van der Waals surface area contributed by atoms with Crippen LogP contribution in [-0.4, -0.2) is 40.3 Å². The molecule has 5 nitrogen and oxygen atoms in total. The van der Waals surface area contributed by atoms with E-state index >= 15 is 0 Å². The van der Waals surface area contributed by atoms with Crippen molar-refractivity contribution in [2.45, 2.75) is 39.3 Å². The Balaban J connectivity index is 1.90. The van der Waals surface area contributed by atoms with Gasteiger partial charge in [-0.25, -0.2) is 0 Å². The zero-order valence-electron chi connectivity index (χ0n) is 12.9. The Morgan fingerprint density at radius 1 is 1.50 bits per heavy atom. The molecule has 1 unspecified atom stereocenters. The summed E-state index contributed by atoms with van der Waals surface area (Å²) in [5.74, 6) is 3.35. The lowest BCUT2D eigenvalue weighted by Crippen LogP contribution is -2.45. The van der Waals surface area contributed by atoms with E-state index in [9.17, 15) is 0 Å². The van der Waals surface area contributed by atoms with Gasteiger partial charge in [0.05, 0.1) is 5.69 Å². The van der Waals surface area contributed by atoms with Crippen LogP contribution in [0.2, 0.25) is 0 Å². The van der Waals surface area contributed by atoms with Crippen LogP contribution in [0.15, 0.2) is 4.99 Å². The lowest BCUT2D eigenvalue weighted by molar-refractivity contribution is 0.582. The van der Waals surface area contributed by atoms with Gasteiger partial charge in [0.15, 0.2) is 5.96 Å². The zero-order valence-corrected chi connectivity index (χ0v) is 13.7. The Bertz CT molecular complexity index is 474. The Kier molecular flexibility index (Phi) is 5.34. The second-order valence-electron chi connectivity index (χ2n) is 5.26. The van der Waals surface area contributed by atoms with E-state index in [4.69, 9.17) is 0 Å². The van der Waals surface area contributed by atoms with Crippen LogP contribution < -0.4 is 10.6 Å². The van der Waals surface area contributed by atoms with Crippen molar-refractivity contribution in [3.05, 3.63) is 17.0 Å². The molecule has 1 aromatic rings. The Morgan fingerprint density at radius 2 is 2.30 bits per heavy atom. The number of thioether (sulfide) groups is 1. The molecule has 0 aliphatic carbocycles. The number of nitrogens with one attached hydrogen (secondary N) is 2. The van der Waals surface area contributed by atoms with Crippen LogP contribution >= 0.6 is 11.8 Å². The maximum Gasteiger partial charge on any atom is 0.191 e. The molecule has 2 N–H and O–H groups in total. The molecule has 2 rings (SSSR count). The molecule has 1 fully saturated rings. The summed E-state index contributed by atoms with van der Waals surface area (Å²) in [6.45, 7) is 4.92. The molecular formula is C14H25N5S. The minimum absolute atomic E-state index is 0.538. The molecule has 1 aliphatic heterocycles. The summed E-state index contributed by atoms with van der Waals surface area (Å²) in [6, 6.07) is 0.538. The lowest BCUT2D eigenvalue weighted by atomic mass is 10.2. The smallest absolute Gasteiger partial charge is 0.191 e. The van der Waals surface area contributed by atoms with Gasteiger partial charge in [0.25, 0.3) is 0 Å². The van der Waals surface area contributed by atoms with E-state index in [-0.39, 0.29) is 0 Å². The van der Waals surface area contributed by atoms with Crippen molar-refractivity contribution >= 4 is 17.7 Å². The first-order valence-electron chi connectivity index (χ1n) is 7.15. The molecule has 0 aromatic carbocycles. The van der Waals surface area contributed by atoms with E-state index in [0.29, 0.717) is 6.04 Å². The first-order chi connectivity index (χ1) is 9.61. The topological polar surface area (TPSA) is 54.2 Å². The van der Waals surface area contributed by atoms with Crippen LogP contribution in [0.1, 0.15) is 29.8 Å². The molecular weight excluding hydrogens is 270 g/mol. The number of nitrogens with zero attached hydrogens (tertiary/aromatic N) is 3. The predicted octanol–water partition coefficient (Wildman–Crippen LogP) is 1.60. The molecule has 0 bridgehead atoms. The van der Waals surface area contributed by atoms with Gasteiger partial charge in [-0.15, -0.1) is 0 Å². The van der Waals surface area contributed by atoms with Crippen LogP contribution in [-0.2, 0) is 13.6 Å². The van der Waals surface area contributed by atoms with Crippen LogP contribution in [0, 0.1) is 13.8 Å². The van der Waals surface area contributed by atoms with Gasteiger partial charge in [0, 0.05) is 43.7 Å². The summed E-state index contributed by atoms with van der Waals surface area (Å²) in [5.41, 5.74) is 3.55. The van der Waals surface area contributed by atoms with E-state index in [1.54, 1.807) is 0 Å². The minimum atomic E-state index is 0.538. The van der Waals surface area contributed by atoms with Gasteiger partial charge in [-0.1, -0.05) is 0 Å². The molecule has 0 radical (unpaired) electrons. The van der Waals surface area contributed by atoms with Crippen LogP contribution in [0.25, 0.3) is 0 Å². The number of rotatable bonds is 3. The average Bonchev–Trinajstić information content (AvgIpc) is 2.70. The zero-order chi connectivity index (χ0) is 14.5. The highest BCUT2D eigenvalue weighted by Crippen LogP contribution is 2.16. The number of guanidine groups is 1. The van der Waals surface area contributed by atoms with Crippen molar-refractivity contribution in [3.8, 4) is 0 Å². The second-order valence-corrected chi connectivity index (χ2v) is 6.41. The average molecular weight is 295 g/mol. The first-order valence-corrected chi connectivity index (χ1v) is 8.31. The van der Waals surface area contributed by atoms with Gasteiger partial charge in [-0.3, -0.25) is 9.67 Å². The fourth-order valence-electron chi connectivity index (χ4n) is 2.49. The highest BCUT2D eigenvalue weighted by molar-refractivity contribution is 7.99. The van der Waals surface area contributed by atoms with E-state index in [1.165, 1.54) is 35.6 Å². The Morgan fingerprint density at radius 3 is 2.85 bits per heavy atom. The monoisotopic (exact) mass is 295 g/mol. The molecule has 1 aliphatic rings. The molecule has 20 heavy (non-hydrogen) atoms. The van der Waals surface area contributed by atoms with E-state index < -0.39 is 0 Å². The third kappa shape index (κ3) is 3.69. The quantitative estimate of drug-likeness (QED) is 0.657. The van der Waals surface area contributed by atoms with Crippen molar-refractivity contribution in [3.63, 3.8) is 0 Å². The second kappa shape index (κ2) is 7.02. The van der Waals surface area contributed by atoms with Crippen LogP contribution in [0.3, 0.4) is 0 Å². The third-order valence-electron chi connectivity index (χ3n) is 3.82. The summed E-state index contributed by atoms with van der Waals surface area (Å²) in [6.07, 6.45) is 2.53. The van der Waals surface area contributed by atoms with Gasteiger partial charge >= 0.3 is 0 Å². The highest BCUT2D eigenvalue weighted by Gasteiger charge is 2.15. The molecule has 1 atom stereocenters. The van der Waals surface area contributed by atoms with Gasteiger partial charge < -0.3 is 10.6 Å². The Hall–Kier alpha value is -1.17. The predicted molar refractivity (Wildman–Crippen MR) is 86.4 cm³/mol. The number of aryl methyl sites for hydroxylation is 2. The first kappa shape index (κ1) is 15.2. The number of hydrogen-bond acceptors (Lipinski definition) is 3. The van der Waals surface area contributed by atoms with Gasteiger partial charge in [0.2, 0.25) is 0 Å². The number of hydrogen-bond donors (Lipinski definition) is 2. The SMILES string of the molecule is CN=C(NCc1c(C)nn(C)c1C)NC1CCCSC1. The molecule has 112 valence electrons. The summed E-state index contributed by atoms with van der Waals surface area (Å²) >= 11 is 2.02. The highest BCUT2D eigenvalue weighted by atomic mass is 32.2. The minimum Gasteiger partial charge on any atom is -0.353 e. The van der Waals surface area contributed by atoms with E-state index in [2.05, 4.69) is 34.6 Å². The lowest BCUT2D eigenvalue weighted by Gasteiger charge is -2.24. The Labute approximate surface area is 125 Å². The molecule has 0 saturated carbocycles. The van der Waals surface area contributed by atoms with Gasteiger partial charge in [-0.05, 0) is 32.4 Å². The van der Waals surface area contributed by atoms with Gasteiger partial charge in [-0.2, -0.15) is 16.9 Å². The van der Waals surface area contributed by atoms with E-state index in [0.717, 1.165) is 18.2 Å². The van der Waals surface area contributed by atoms with Crippen molar-refractivity contribution < 1.29 is 0 Å². The maximum atomic E-state index is 4.44. The molecule has 1 aromatic heterocycles. The van der Waals surface area contributed by atoms with Crippen molar-refractivity contribution in [2.24, 2.45) is 12.0 Å². The number of aliphatic imine (C=N–C) groups is 1. The third-order valence-corrected chi connectivity index (χ3v) is 5.03. The van der Waals surface area contributed by atoms with E-state index in [1.807, 2.05) is 30.5 Å². The normalized spacial score (nSPS) is 20.0. The standard InChI is InChI=1S/C14H25N5S/c1-10-13(11(2)19(4)18-10)8-16-14(15-3)17-12-6-5-7-20-9-12/h12H,5-9H2,1-4H3,(H2,15,16,17). The molecule has 6 heteroatoms. The molecule has 2 heterocycles. The van der Waals surface area contributed by atoms with Crippen molar-refractivity contribution in [1.82, 2.24) is 20.4 Å². The summed E-state index contributed by atoms with van der Waals surface area (Å²) in [7, 11) is 3.81. The summed E-state index contributed by atoms with van der Waals surface area (Å²) in [5, 5.41) is 11.4. The van der Waals surface area contributed by atoms with Crippen LogP contribution in [0.5, 0.6) is 0 Å². The summed E-state index contributed by atoms with van der Waals surface area (Å²) in [4.78, 5) is 4.32. The molecule has 1 saturated heterocycles. The molecule has 0 amide bonds. The van der Waals surface area contributed by atoms with Crippen molar-refractivity contribution in [1.29, 1.82) is 0 Å². The fourth-order valence-corrected chi connectivity index (χ4v) is 3.56. The maximum absolute atomic E-state index is 4.44. The van der Waals surface area contributed by atoms with Crippen LogP contribution in [0.4, 0.5) is 0 Å². The number of aromatic nitrogens is 2. The van der Waals surface area contributed by atoms with Crippen molar-refractivity contribution in [2.75, 3.05) is 18.6 Å². The largest absolute Gasteiger partial charge is 0.353 e. The fraction of sp³-hybridized carbons (Fsp3) is 0.714. The van der Waals surface area contributed by atoms with Gasteiger partial charge in [0.1, 0.15) is 0 Å². The summed E-state index contributed by atoms with van der Waals surface area (Å²) < 4.78 is 1.93. The molecule has 0 spiro atoms.